The molecule has 2 aromatic heterocycles. The van der Waals surface area contributed by atoms with Gasteiger partial charge in [0.1, 0.15) is 17.3 Å². The molecule has 4 rings (SSSR count). The van der Waals surface area contributed by atoms with Crippen LogP contribution in [0, 0.1) is 13.8 Å². The molecule has 1 aliphatic heterocycles. The lowest BCUT2D eigenvalue weighted by Crippen LogP contribution is -2.39. The van der Waals surface area contributed by atoms with Crippen LogP contribution < -0.4 is 5.32 Å². The van der Waals surface area contributed by atoms with Crippen LogP contribution in [-0.4, -0.2) is 32.6 Å². The summed E-state index contributed by atoms with van der Waals surface area (Å²) in [5, 5.41) is 7.07. The summed E-state index contributed by atoms with van der Waals surface area (Å²) >= 11 is 0. The summed E-state index contributed by atoms with van der Waals surface area (Å²) < 4.78 is 5.17. The molecule has 2 aliphatic rings. The highest BCUT2D eigenvalue weighted by atomic mass is 16.5. The highest BCUT2D eigenvalue weighted by Gasteiger charge is 2.32. The van der Waals surface area contributed by atoms with Crippen LogP contribution in [0.25, 0.3) is 0 Å². The molecule has 1 aliphatic carbocycles. The zero-order chi connectivity index (χ0) is 18.1. The van der Waals surface area contributed by atoms with Crippen LogP contribution in [0.1, 0.15) is 66.0 Å². The second kappa shape index (κ2) is 7.05. The zero-order valence-corrected chi connectivity index (χ0v) is 15.4. The Hall–Kier alpha value is -2.44. The Balaban J connectivity index is 1.43. The first-order chi connectivity index (χ1) is 12.6. The van der Waals surface area contributed by atoms with Gasteiger partial charge in [-0.2, -0.15) is 0 Å². The largest absolute Gasteiger partial charge is 0.361 e. The van der Waals surface area contributed by atoms with Crippen LogP contribution in [0.5, 0.6) is 0 Å². The number of fused-ring (bicyclic) bond motifs is 1. The Morgan fingerprint density at radius 2 is 2.12 bits per heavy atom. The van der Waals surface area contributed by atoms with Crippen molar-refractivity contribution in [2.24, 2.45) is 0 Å². The molecule has 1 fully saturated rings. The van der Waals surface area contributed by atoms with E-state index in [2.05, 4.69) is 20.4 Å². The van der Waals surface area contributed by atoms with Crippen molar-refractivity contribution >= 4 is 6.03 Å². The SMILES string of the molecule is Cc1cc([C@@H]2CCCN2C(=O)NCc2nc(C)c3c(n2)CCCC3)no1. The number of carbonyl (C=O) groups is 1. The third-order valence-electron chi connectivity index (χ3n) is 5.34. The van der Waals surface area contributed by atoms with Gasteiger partial charge in [-0.3, -0.25) is 0 Å². The normalized spacial score (nSPS) is 19.5. The molecule has 3 heterocycles. The molecule has 138 valence electrons. The molecule has 0 spiro atoms. The number of nitrogens with zero attached hydrogens (tertiary/aromatic N) is 4. The molecule has 2 aromatic rings. The fourth-order valence-electron chi connectivity index (χ4n) is 4.04. The van der Waals surface area contributed by atoms with E-state index in [0.29, 0.717) is 12.4 Å². The summed E-state index contributed by atoms with van der Waals surface area (Å²) in [4.78, 5) is 23.8. The summed E-state index contributed by atoms with van der Waals surface area (Å²) in [6, 6.07) is 1.80. The molecule has 0 bridgehead atoms. The summed E-state index contributed by atoms with van der Waals surface area (Å²) in [6.07, 6.45) is 6.36. The average Bonchev–Trinajstić information content (AvgIpc) is 3.28. The maximum Gasteiger partial charge on any atom is 0.318 e. The second-order valence-electron chi connectivity index (χ2n) is 7.23. The first-order valence-electron chi connectivity index (χ1n) is 9.45. The highest BCUT2D eigenvalue weighted by molar-refractivity contribution is 5.75. The first-order valence-corrected chi connectivity index (χ1v) is 9.45. The number of aryl methyl sites for hydroxylation is 3. The predicted molar refractivity (Wildman–Crippen MR) is 95.6 cm³/mol. The van der Waals surface area contributed by atoms with Crippen molar-refractivity contribution in [3.8, 4) is 0 Å². The number of likely N-dealkylation sites (tertiary alicyclic amines) is 1. The minimum Gasteiger partial charge on any atom is -0.361 e. The molecule has 1 N–H and O–H groups in total. The van der Waals surface area contributed by atoms with Gasteiger partial charge in [0.2, 0.25) is 0 Å². The van der Waals surface area contributed by atoms with Gasteiger partial charge in [-0.15, -0.1) is 0 Å². The van der Waals surface area contributed by atoms with E-state index in [1.807, 2.05) is 24.8 Å². The van der Waals surface area contributed by atoms with E-state index in [9.17, 15) is 4.79 Å². The third kappa shape index (κ3) is 3.30. The minimum absolute atomic E-state index is 0.0152. The van der Waals surface area contributed by atoms with Gasteiger partial charge in [-0.05, 0) is 57.9 Å². The monoisotopic (exact) mass is 355 g/mol. The molecule has 0 aromatic carbocycles. The van der Waals surface area contributed by atoms with Crippen LogP contribution in [0.2, 0.25) is 0 Å². The average molecular weight is 355 g/mol. The number of urea groups is 1. The number of nitrogens with one attached hydrogen (secondary N) is 1. The van der Waals surface area contributed by atoms with Crippen molar-refractivity contribution in [2.45, 2.75) is 65.0 Å². The van der Waals surface area contributed by atoms with E-state index in [4.69, 9.17) is 4.52 Å². The summed E-state index contributed by atoms with van der Waals surface area (Å²) in [5.74, 6) is 1.47. The Kier molecular flexibility index (Phi) is 4.61. The molecule has 0 saturated carbocycles. The second-order valence-corrected chi connectivity index (χ2v) is 7.23. The van der Waals surface area contributed by atoms with E-state index < -0.39 is 0 Å². The Bertz CT molecular complexity index is 816. The van der Waals surface area contributed by atoms with Crippen LogP contribution in [0.3, 0.4) is 0 Å². The highest BCUT2D eigenvalue weighted by Crippen LogP contribution is 2.31. The third-order valence-corrected chi connectivity index (χ3v) is 5.34. The van der Waals surface area contributed by atoms with Crippen LogP contribution >= 0.6 is 0 Å². The molecule has 0 radical (unpaired) electrons. The van der Waals surface area contributed by atoms with Gasteiger partial charge in [-0.25, -0.2) is 14.8 Å². The van der Waals surface area contributed by atoms with Crippen LogP contribution in [0.4, 0.5) is 4.79 Å². The molecule has 1 atom stereocenters. The van der Waals surface area contributed by atoms with Crippen LogP contribution in [0.15, 0.2) is 10.6 Å². The van der Waals surface area contributed by atoms with Crippen molar-refractivity contribution in [3.05, 3.63) is 40.3 Å². The molecule has 7 nitrogen and oxygen atoms in total. The number of hydrogen-bond donors (Lipinski definition) is 1. The summed E-state index contributed by atoms with van der Waals surface area (Å²) in [7, 11) is 0. The number of hydrogen-bond acceptors (Lipinski definition) is 5. The summed E-state index contributed by atoms with van der Waals surface area (Å²) in [6.45, 7) is 4.99. The number of amides is 2. The van der Waals surface area contributed by atoms with Crippen molar-refractivity contribution < 1.29 is 9.32 Å². The fraction of sp³-hybridized carbons (Fsp3) is 0.579. The van der Waals surface area contributed by atoms with Gasteiger partial charge in [-0.1, -0.05) is 5.16 Å². The first kappa shape index (κ1) is 17.0. The number of carbonyl (C=O) groups excluding carboxylic acids is 1. The van der Waals surface area contributed by atoms with Crippen molar-refractivity contribution in [3.63, 3.8) is 0 Å². The van der Waals surface area contributed by atoms with E-state index in [1.165, 1.54) is 18.4 Å². The zero-order valence-electron chi connectivity index (χ0n) is 15.4. The predicted octanol–water partition coefficient (Wildman–Crippen LogP) is 3.01. The number of aromatic nitrogens is 3. The maximum absolute atomic E-state index is 12.7. The minimum atomic E-state index is -0.0906. The standard InChI is InChI=1S/C19H25N5O2/c1-12-10-16(23-26-12)17-8-5-9-24(17)19(25)20-11-18-21-13(2)14-6-3-4-7-15(14)22-18/h10,17H,3-9,11H2,1-2H3,(H,20,25)/t17-/m0/s1. The topological polar surface area (TPSA) is 84.2 Å². The van der Waals surface area contributed by atoms with Crippen molar-refractivity contribution in [1.29, 1.82) is 0 Å². The summed E-state index contributed by atoms with van der Waals surface area (Å²) in [5.41, 5.74) is 4.34. The van der Waals surface area contributed by atoms with Gasteiger partial charge in [0, 0.05) is 24.0 Å². The molecule has 7 heteroatoms. The Morgan fingerprint density at radius 1 is 1.27 bits per heavy atom. The molecule has 1 saturated heterocycles. The van der Waals surface area contributed by atoms with E-state index in [0.717, 1.165) is 55.1 Å². The van der Waals surface area contributed by atoms with Gasteiger partial charge in [0.15, 0.2) is 0 Å². The molecular weight excluding hydrogens is 330 g/mol. The Labute approximate surface area is 153 Å². The van der Waals surface area contributed by atoms with Gasteiger partial charge in [0.05, 0.1) is 12.6 Å². The van der Waals surface area contributed by atoms with Crippen LogP contribution in [-0.2, 0) is 19.4 Å². The van der Waals surface area contributed by atoms with Gasteiger partial charge >= 0.3 is 6.03 Å². The lowest BCUT2D eigenvalue weighted by molar-refractivity contribution is 0.190. The van der Waals surface area contributed by atoms with E-state index >= 15 is 0 Å². The Morgan fingerprint density at radius 3 is 2.92 bits per heavy atom. The molecule has 26 heavy (non-hydrogen) atoms. The van der Waals surface area contributed by atoms with Crippen molar-refractivity contribution in [2.75, 3.05) is 6.54 Å². The van der Waals surface area contributed by atoms with Gasteiger partial charge in [0.25, 0.3) is 0 Å². The molecule has 0 unspecified atom stereocenters. The van der Waals surface area contributed by atoms with Crippen molar-refractivity contribution in [1.82, 2.24) is 25.3 Å². The maximum atomic E-state index is 12.7. The van der Waals surface area contributed by atoms with E-state index in [-0.39, 0.29) is 12.1 Å². The lowest BCUT2D eigenvalue weighted by Gasteiger charge is -2.23. The molecular formula is C19H25N5O2. The quantitative estimate of drug-likeness (QED) is 0.915. The van der Waals surface area contributed by atoms with Gasteiger partial charge < -0.3 is 14.7 Å². The molecule has 2 amide bonds. The smallest absolute Gasteiger partial charge is 0.318 e. The number of rotatable bonds is 3. The lowest BCUT2D eigenvalue weighted by atomic mass is 9.95. The fourth-order valence-corrected chi connectivity index (χ4v) is 4.04. The van der Waals surface area contributed by atoms with E-state index in [1.54, 1.807) is 0 Å².